The number of rotatable bonds is 6. The number of carbonyl (C=O) groups is 2. The Balaban J connectivity index is 1.62. The highest BCUT2D eigenvalue weighted by molar-refractivity contribution is 6.30. The first-order chi connectivity index (χ1) is 11.5. The SMILES string of the molecule is O=C(N[C@H](Cc1ccccc1)C(=O)O)C1CC1c1cccc(Cl)c1. The standard InChI is InChI=1S/C19H18ClNO3/c20-14-8-4-7-13(10-14)15-11-16(15)18(22)21-17(19(23)24)9-12-5-2-1-3-6-12/h1-8,10,15-17H,9,11H2,(H,21,22)(H,23,24)/t15?,16?,17-/m1/s1. The van der Waals surface area contributed by atoms with Crippen LogP contribution in [0.1, 0.15) is 23.5 Å². The molecule has 2 unspecified atom stereocenters. The lowest BCUT2D eigenvalue weighted by molar-refractivity contribution is -0.142. The number of benzene rings is 2. The highest BCUT2D eigenvalue weighted by Gasteiger charge is 2.44. The molecule has 2 aromatic rings. The van der Waals surface area contributed by atoms with Gasteiger partial charge in [-0.15, -0.1) is 0 Å². The molecule has 5 heteroatoms. The molecule has 1 amide bonds. The van der Waals surface area contributed by atoms with E-state index in [1.54, 1.807) is 6.07 Å². The van der Waals surface area contributed by atoms with Crippen molar-refractivity contribution in [3.05, 3.63) is 70.7 Å². The van der Waals surface area contributed by atoms with E-state index in [9.17, 15) is 14.7 Å². The lowest BCUT2D eigenvalue weighted by Gasteiger charge is -2.14. The second kappa shape index (κ2) is 7.05. The summed E-state index contributed by atoms with van der Waals surface area (Å²) in [5.74, 6) is -1.29. The normalized spacial score (nSPS) is 20.2. The summed E-state index contributed by atoms with van der Waals surface area (Å²) in [5.41, 5.74) is 1.91. The second-order valence-electron chi connectivity index (χ2n) is 6.09. The van der Waals surface area contributed by atoms with Gasteiger partial charge >= 0.3 is 5.97 Å². The van der Waals surface area contributed by atoms with E-state index < -0.39 is 12.0 Å². The number of halogens is 1. The van der Waals surface area contributed by atoms with Crippen molar-refractivity contribution in [1.29, 1.82) is 0 Å². The zero-order valence-electron chi connectivity index (χ0n) is 13.0. The fraction of sp³-hybridized carbons (Fsp3) is 0.263. The highest BCUT2D eigenvalue weighted by Crippen LogP contribution is 2.48. The van der Waals surface area contributed by atoms with Crippen molar-refractivity contribution in [2.45, 2.75) is 24.8 Å². The first-order valence-electron chi connectivity index (χ1n) is 7.87. The van der Waals surface area contributed by atoms with Crippen molar-refractivity contribution in [3.8, 4) is 0 Å². The van der Waals surface area contributed by atoms with Gasteiger partial charge in [0.2, 0.25) is 5.91 Å². The fourth-order valence-electron chi connectivity index (χ4n) is 2.92. The summed E-state index contributed by atoms with van der Waals surface area (Å²) in [5, 5.41) is 12.7. The fourth-order valence-corrected chi connectivity index (χ4v) is 3.12. The second-order valence-corrected chi connectivity index (χ2v) is 6.53. The first kappa shape index (κ1) is 16.5. The quantitative estimate of drug-likeness (QED) is 0.846. The molecule has 3 atom stereocenters. The third-order valence-corrected chi connectivity index (χ3v) is 4.54. The van der Waals surface area contributed by atoms with Gasteiger partial charge in [-0.3, -0.25) is 4.79 Å². The number of carboxylic acids is 1. The Kier molecular flexibility index (Phi) is 4.86. The van der Waals surface area contributed by atoms with E-state index in [1.807, 2.05) is 48.5 Å². The Morgan fingerprint density at radius 3 is 2.58 bits per heavy atom. The van der Waals surface area contributed by atoms with E-state index in [0.29, 0.717) is 5.02 Å². The maximum atomic E-state index is 12.4. The van der Waals surface area contributed by atoms with Crippen molar-refractivity contribution >= 4 is 23.5 Å². The molecule has 124 valence electrons. The number of carboxylic acid groups (broad SMARTS) is 1. The molecule has 0 radical (unpaired) electrons. The molecule has 1 aliphatic rings. The zero-order chi connectivity index (χ0) is 17.1. The molecule has 0 heterocycles. The number of carbonyl (C=O) groups excluding carboxylic acids is 1. The summed E-state index contributed by atoms with van der Waals surface area (Å²) in [6.45, 7) is 0. The molecule has 2 aromatic carbocycles. The van der Waals surface area contributed by atoms with Crippen LogP contribution in [-0.2, 0) is 16.0 Å². The number of amides is 1. The van der Waals surface area contributed by atoms with Gasteiger partial charge in [0.25, 0.3) is 0 Å². The summed E-state index contributed by atoms with van der Waals surface area (Å²) in [6, 6.07) is 15.8. The van der Waals surface area contributed by atoms with Gasteiger partial charge in [0, 0.05) is 17.4 Å². The minimum absolute atomic E-state index is 0.120. The van der Waals surface area contributed by atoms with Gasteiger partial charge in [-0.1, -0.05) is 54.1 Å². The average molecular weight is 344 g/mol. The van der Waals surface area contributed by atoms with Gasteiger partial charge < -0.3 is 10.4 Å². The number of hydrogen-bond donors (Lipinski definition) is 2. The van der Waals surface area contributed by atoms with Crippen LogP contribution >= 0.6 is 11.6 Å². The molecular formula is C19H18ClNO3. The van der Waals surface area contributed by atoms with Crippen LogP contribution in [0.15, 0.2) is 54.6 Å². The van der Waals surface area contributed by atoms with Gasteiger partial charge in [-0.05, 0) is 35.6 Å². The predicted molar refractivity (Wildman–Crippen MR) is 92.0 cm³/mol. The third-order valence-electron chi connectivity index (χ3n) is 4.30. The largest absolute Gasteiger partial charge is 0.480 e. The molecule has 0 spiro atoms. The Bertz CT molecular complexity index is 747. The number of aliphatic carboxylic acids is 1. The van der Waals surface area contributed by atoms with Gasteiger partial charge in [0.1, 0.15) is 6.04 Å². The van der Waals surface area contributed by atoms with Crippen molar-refractivity contribution in [2.75, 3.05) is 0 Å². The van der Waals surface area contributed by atoms with Crippen LogP contribution in [0.2, 0.25) is 5.02 Å². The lowest BCUT2D eigenvalue weighted by atomic mass is 10.1. The molecule has 24 heavy (non-hydrogen) atoms. The van der Waals surface area contributed by atoms with E-state index >= 15 is 0 Å². The van der Waals surface area contributed by atoms with Gasteiger partial charge in [0.05, 0.1) is 0 Å². The molecular weight excluding hydrogens is 326 g/mol. The van der Waals surface area contributed by atoms with Crippen LogP contribution in [0.5, 0.6) is 0 Å². The minimum atomic E-state index is -1.02. The van der Waals surface area contributed by atoms with Crippen LogP contribution in [0, 0.1) is 5.92 Å². The first-order valence-corrected chi connectivity index (χ1v) is 8.25. The average Bonchev–Trinajstić information content (AvgIpc) is 3.36. The van der Waals surface area contributed by atoms with Crippen molar-refractivity contribution < 1.29 is 14.7 Å². The van der Waals surface area contributed by atoms with Gasteiger partial charge in [-0.25, -0.2) is 4.79 Å². The molecule has 1 fully saturated rings. The van der Waals surface area contributed by atoms with Crippen molar-refractivity contribution in [3.63, 3.8) is 0 Å². The lowest BCUT2D eigenvalue weighted by Crippen LogP contribution is -2.43. The summed E-state index contributed by atoms with van der Waals surface area (Å²) in [7, 11) is 0. The minimum Gasteiger partial charge on any atom is -0.480 e. The molecule has 0 aromatic heterocycles. The molecule has 0 saturated heterocycles. The van der Waals surface area contributed by atoms with Crippen LogP contribution in [0.3, 0.4) is 0 Å². The third kappa shape index (κ3) is 3.95. The molecule has 1 saturated carbocycles. The summed E-state index contributed by atoms with van der Waals surface area (Å²) >= 11 is 5.98. The highest BCUT2D eigenvalue weighted by atomic mass is 35.5. The van der Waals surface area contributed by atoms with E-state index in [0.717, 1.165) is 17.5 Å². The zero-order valence-corrected chi connectivity index (χ0v) is 13.7. The number of nitrogens with one attached hydrogen (secondary N) is 1. The predicted octanol–water partition coefficient (Wildman–Crippen LogP) is 3.26. The maximum absolute atomic E-state index is 12.4. The monoisotopic (exact) mass is 343 g/mol. The molecule has 0 aliphatic heterocycles. The van der Waals surface area contributed by atoms with E-state index in [4.69, 9.17) is 11.6 Å². The van der Waals surface area contributed by atoms with Crippen LogP contribution in [0.4, 0.5) is 0 Å². The molecule has 4 nitrogen and oxygen atoms in total. The smallest absolute Gasteiger partial charge is 0.326 e. The van der Waals surface area contributed by atoms with Crippen molar-refractivity contribution in [1.82, 2.24) is 5.32 Å². The van der Waals surface area contributed by atoms with Gasteiger partial charge in [0.15, 0.2) is 0 Å². The Morgan fingerprint density at radius 1 is 1.17 bits per heavy atom. The molecule has 2 N–H and O–H groups in total. The maximum Gasteiger partial charge on any atom is 0.326 e. The van der Waals surface area contributed by atoms with E-state index in [1.165, 1.54) is 0 Å². The summed E-state index contributed by atoms with van der Waals surface area (Å²) in [6.07, 6.45) is 1.00. The Morgan fingerprint density at radius 2 is 1.92 bits per heavy atom. The molecule has 0 bridgehead atoms. The molecule has 3 rings (SSSR count). The molecule has 1 aliphatic carbocycles. The Hall–Kier alpha value is -2.33. The van der Waals surface area contributed by atoms with E-state index in [2.05, 4.69) is 5.32 Å². The number of hydrogen-bond acceptors (Lipinski definition) is 2. The summed E-state index contributed by atoms with van der Waals surface area (Å²) in [4.78, 5) is 23.8. The summed E-state index contributed by atoms with van der Waals surface area (Å²) < 4.78 is 0. The van der Waals surface area contributed by atoms with Crippen LogP contribution in [0.25, 0.3) is 0 Å². The van der Waals surface area contributed by atoms with E-state index in [-0.39, 0.29) is 24.2 Å². The van der Waals surface area contributed by atoms with Crippen molar-refractivity contribution in [2.24, 2.45) is 5.92 Å². The topological polar surface area (TPSA) is 66.4 Å². The van der Waals surface area contributed by atoms with Crippen LogP contribution < -0.4 is 5.32 Å². The Labute approximate surface area is 145 Å². The van der Waals surface area contributed by atoms with Crippen LogP contribution in [-0.4, -0.2) is 23.0 Å². The van der Waals surface area contributed by atoms with Gasteiger partial charge in [-0.2, -0.15) is 0 Å².